The van der Waals surface area contributed by atoms with E-state index < -0.39 is 0 Å². The Balaban J connectivity index is 2.23. The largest absolute Gasteiger partial charge is 0.319 e. The van der Waals surface area contributed by atoms with Crippen LogP contribution in [0.3, 0.4) is 0 Å². The van der Waals surface area contributed by atoms with Gasteiger partial charge in [0.05, 0.1) is 5.54 Å². The maximum absolute atomic E-state index is 6.22. The Morgan fingerprint density at radius 1 is 1.38 bits per heavy atom. The average Bonchev–Trinajstić information content (AvgIpc) is 2.02. The van der Waals surface area contributed by atoms with Crippen LogP contribution in [-0.4, -0.2) is 9.97 Å². The maximum Gasteiger partial charge on any atom is 0.147 e. The first-order chi connectivity index (χ1) is 6.21. The predicted molar refractivity (Wildman–Crippen MR) is 50.9 cm³/mol. The van der Waals surface area contributed by atoms with Crippen LogP contribution in [0.15, 0.2) is 18.5 Å². The van der Waals surface area contributed by atoms with E-state index in [2.05, 4.69) is 9.97 Å². The Morgan fingerprint density at radius 2 is 2.00 bits per heavy atom. The van der Waals surface area contributed by atoms with Gasteiger partial charge in [-0.3, -0.25) is 0 Å². The van der Waals surface area contributed by atoms with E-state index in [1.54, 1.807) is 12.4 Å². The average molecular weight is 177 g/mol. The number of hydrogen-bond acceptors (Lipinski definition) is 3. The summed E-state index contributed by atoms with van der Waals surface area (Å²) in [5, 5.41) is 0. The lowest BCUT2D eigenvalue weighted by atomic mass is 9.72. The van der Waals surface area contributed by atoms with E-state index in [0.29, 0.717) is 5.92 Å². The highest BCUT2D eigenvalue weighted by molar-refractivity contribution is 5.07. The van der Waals surface area contributed by atoms with Gasteiger partial charge in [-0.2, -0.15) is 0 Å². The fourth-order valence-electron chi connectivity index (χ4n) is 1.77. The van der Waals surface area contributed by atoms with Crippen LogP contribution in [0.2, 0.25) is 0 Å². The minimum atomic E-state index is -0.334. The summed E-state index contributed by atoms with van der Waals surface area (Å²) in [6.07, 6.45) is 7.24. The lowest BCUT2D eigenvalue weighted by Crippen LogP contribution is -2.45. The molecule has 1 aliphatic carbocycles. The molecule has 70 valence electrons. The molecule has 1 aliphatic rings. The van der Waals surface area contributed by atoms with Crippen molar-refractivity contribution in [2.75, 3.05) is 0 Å². The molecule has 0 radical (unpaired) electrons. The van der Waals surface area contributed by atoms with E-state index in [1.165, 1.54) is 19.3 Å². The van der Waals surface area contributed by atoms with Crippen LogP contribution in [0.25, 0.3) is 0 Å². The molecule has 3 nitrogen and oxygen atoms in total. The third-order valence-corrected chi connectivity index (χ3v) is 3.00. The van der Waals surface area contributed by atoms with E-state index >= 15 is 0 Å². The van der Waals surface area contributed by atoms with Crippen molar-refractivity contribution in [3.63, 3.8) is 0 Å². The molecule has 1 aromatic rings. The Hall–Kier alpha value is -0.960. The molecule has 0 amide bonds. The molecule has 0 bridgehead atoms. The second-order valence-electron chi connectivity index (χ2n) is 3.98. The van der Waals surface area contributed by atoms with Crippen molar-refractivity contribution >= 4 is 0 Å². The van der Waals surface area contributed by atoms with Crippen molar-refractivity contribution in [3.8, 4) is 0 Å². The van der Waals surface area contributed by atoms with Gasteiger partial charge in [0.15, 0.2) is 0 Å². The van der Waals surface area contributed by atoms with Gasteiger partial charge in [-0.05, 0) is 31.7 Å². The van der Waals surface area contributed by atoms with Gasteiger partial charge in [0.25, 0.3) is 0 Å². The van der Waals surface area contributed by atoms with E-state index in [-0.39, 0.29) is 5.54 Å². The van der Waals surface area contributed by atoms with E-state index in [1.807, 2.05) is 13.0 Å². The van der Waals surface area contributed by atoms with Gasteiger partial charge >= 0.3 is 0 Å². The first kappa shape index (κ1) is 8.63. The zero-order valence-electron chi connectivity index (χ0n) is 7.90. The Labute approximate surface area is 78.4 Å². The summed E-state index contributed by atoms with van der Waals surface area (Å²) < 4.78 is 0. The maximum atomic E-state index is 6.22. The second kappa shape index (κ2) is 3.07. The van der Waals surface area contributed by atoms with Gasteiger partial charge in [0.2, 0.25) is 0 Å². The third kappa shape index (κ3) is 1.44. The summed E-state index contributed by atoms with van der Waals surface area (Å²) in [5.41, 5.74) is 5.88. The molecule has 0 saturated heterocycles. The Morgan fingerprint density at radius 3 is 2.46 bits per heavy atom. The lowest BCUT2D eigenvalue weighted by molar-refractivity contribution is 0.174. The van der Waals surface area contributed by atoms with Gasteiger partial charge in [-0.25, -0.2) is 9.97 Å². The van der Waals surface area contributed by atoms with Crippen molar-refractivity contribution in [2.45, 2.75) is 31.7 Å². The van der Waals surface area contributed by atoms with E-state index in [4.69, 9.17) is 5.73 Å². The van der Waals surface area contributed by atoms with Crippen LogP contribution in [0.5, 0.6) is 0 Å². The summed E-state index contributed by atoms with van der Waals surface area (Å²) in [7, 11) is 0. The van der Waals surface area contributed by atoms with E-state index in [9.17, 15) is 0 Å². The Bertz CT molecular complexity index is 277. The molecule has 0 spiro atoms. The molecule has 2 N–H and O–H groups in total. The monoisotopic (exact) mass is 177 g/mol. The highest BCUT2D eigenvalue weighted by Gasteiger charge is 2.37. The smallest absolute Gasteiger partial charge is 0.147 e. The molecule has 1 heterocycles. The number of nitrogens with zero attached hydrogens (tertiary/aromatic N) is 2. The first-order valence-electron chi connectivity index (χ1n) is 4.77. The normalized spacial score (nSPS) is 22.0. The molecule has 1 atom stereocenters. The van der Waals surface area contributed by atoms with Crippen LogP contribution in [0, 0.1) is 5.92 Å². The standard InChI is InChI=1S/C10H15N3/c1-10(11,8-4-2-5-8)9-12-6-3-7-13-9/h3,6-8H,2,4-5,11H2,1H3. The van der Waals surface area contributed by atoms with Crippen molar-refractivity contribution in [3.05, 3.63) is 24.3 Å². The SMILES string of the molecule is CC(N)(c1ncccn1)C1CCC1. The minimum absolute atomic E-state index is 0.334. The minimum Gasteiger partial charge on any atom is -0.319 e. The molecule has 13 heavy (non-hydrogen) atoms. The number of aromatic nitrogens is 2. The van der Waals surface area contributed by atoms with Crippen molar-refractivity contribution < 1.29 is 0 Å². The van der Waals surface area contributed by atoms with Crippen LogP contribution in [-0.2, 0) is 5.54 Å². The number of hydrogen-bond donors (Lipinski definition) is 1. The molecule has 3 heteroatoms. The van der Waals surface area contributed by atoms with Gasteiger partial charge in [0, 0.05) is 12.4 Å². The third-order valence-electron chi connectivity index (χ3n) is 3.00. The molecule has 1 aromatic heterocycles. The van der Waals surface area contributed by atoms with Crippen LogP contribution in [0.1, 0.15) is 32.0 Å². The van der Waals surface area contributed by atoms with Crippen molar-refractivity contribution in [1.82, 2.24) is 9.97 Å². The fraction of sp³-hybridized carbons (Fsp3) is 0.600. The zero-order chi connectivity index (χ0) is 9.31. The summed E-state index contributed by atoms with van der Waals surface area (Å²) in [6, 6.07) is 1.82. The number of rotatable bonds is 2. The zero-order valence-corrected chi connectivity index (χ0v) is 7.90. The molecular weight excluding hydrogens is 162 g/mol. The predicted octanol–water partition coefficient (Wildman–Crippen LogP) is 1.45. The summed E-state index contributed by atoms with van der Waals surface area (Å²) in [6.45, 7) is 2.03. The number of nitrogens with two attached hydrogens (primary N) is 1. The summed E-state index contributed by atoms with van der Waals surface area (Å²) >= 11 is 0. The second-order valence-corrected chi connectivity index (χ2v) is 3.98. The van der Waals surface area contributed by atoms with Gasteiger partial charge in [-0.15, -0.1) is 0 Å². The Kier molecular flexibility index (Phi) is 2.04. The van der Waals surface area contributed by atoms with Gasteiger partial charge in [-0.1, -0.05) is 6.42 Å². The summed E-state index contributed by atoms with van der Waals surface area (Å²) in [4.78, 5) is 8.43. The first-order valence-corrected chi connectivity index (χ1v) is 4.77. The molecule has 2 rings (SSSR count). The summed E-state index contributed by atoms with van der Waals surface area (Å²) in [5.74, 6) is 1.34. The highest BCUT2D eigenvalue weighted by atomic mass is 15.0. The van der Waals surface area contributed by atoms with Crippen LogP contribution < -0.4 is 5.73 Å². The molecular formula is C10H15N3. The highest BCUT2D eigenvalue weighted by Crippen LogP contribution is 2.38. The molecule has 1 saturated carbocycles. The topological polar surface area (TPSA) is 51.8 Å². The molecule has 0 aromatic carbocycles. The molecule has 0 aliphatic heterocycles. The van der Waals surface area contributed by atoms with Crippen molar-refractivity contribution in [1.29, 1.82) is 0 Å². The van der Waals surface area contributed by atoms with Gasteiger partial charge in [0.1, 0.15) is 5.82 Å². The van der Waals surface area contributed by atoms with Gasteiger partial charge < -0.3 is 5.73 Å². The fourth-order valence-corrected chi connectivity index (χ4v) is 1.77. The quantitative estimate of drug-likeness (QED) is 0.743. The van der Waals surface area contributed by atoms with Crippen molar-refractivity contribution in [2.24, 2.45) is 11.7 Å². The molecule has 1 fully saturated rings. The lowest BCUT2D eigenvalue weighted by Gasteiger charge is -2.38. The van der Waals surface area contributed by atoms with Crippen LogP contribution >= 0.6 is 0 Å². The van der Waals surface area contributed by atoms with E-state index in [0.717, 1.165) is 5.82 Å². The van der Waals surface area contributed by atoms with Crippen LogP contribution in [0.4, 0.5) is 0 Å². The molecule has 1 unspecified atom stereocenters.